The van der Waals surface area contributed by atoms with Gasteiger partial charge in [0.05, 0.1) is 12.7 Å². The molecule has 1 aromatic heterocycles. The zero-order valence-electron chi connectivity index (χ0n) is 9.19. The van der Waals surface area contributed by atoms with Crippen molar-refractivity contribution in [1.82, 2.24) is 9.97 Å². The lowest BCUT2D eigenvalue weighted by molar-refractivity contribution is 0.0794. The highest BCUT2D eigenvalue weighted by atomic mass is 19.1. The number of hydrogen-bond donors (Lipinski definition) is 0. The maximum atomic E-state index is 12.6. The third kappa shape index (κ3) is 5.57. The van der Waals surface area contributed by atoms with Crippen LogP contribution in [0, 0.1) is 5.95 Å². The van der Waals surface area contributed by atoms with Crippen LogP contribution in [-0.4, -0.2) is 43.5 Å². The first-order valence-corrected chi connectivity index (χ1v) is 5.00. The third-order valence-electron chi connectivity index (χ3n) is 1.72. The lowest BCUT2D eigenvalue weighted by Crippen LogP contribution is -2.09. The Morgan fingerprint density at radius 1 is 1.19 bits per heavy atom. The Kier molecular flexibility index (Phi) is 6.36. The highest BCUT2D eigenvalue weighted by Gasteiger charge is 1.98. The summed E-state index contributed by atoms with van der Waals surface area (Å²) < 4.78 is 27.9. The van der Waals surface area contributed by atoms with Crippen LogP contribution in [0.2, 0.25) is 0 Å². The molecule has 0 N–H and O–H groups in total. The second kappa shape index (κ2) is 7.95. The van der Waals surface area contributed by atoms with Crippen LogP contribution < -0.4 is 4.74 Å². The predicted octanol–water partition coefficient (Wildman–Crippen LogP) is 1.05. The normalized spacial score (nSPS) is 10.4. The molecule has 1 heterocycles. The summed E-state index contributed by atoms with van der Waals surface area (Å²) in [6.07, 6.45) is 1.96. The lowest BCUT2D eigenvalue weighted by Gasteiger charge is -2.05. The minimum absolute atomic E-state index is 0.216. The van der Waals surface area contributed by atoms with Gasteiger partial charge in [0, 0.05) is 20.3 Å². The van der Waals surface area contributed by atoms with Gasteiger partial charge in [0.15, 0.2) is 0 Å². The van der Waals surface area contributed by atoms with Crippen molar-refractivity contribution in [3.05, 3.63) is 18.3 Å². The Morgan fingerprint density at radius 2 is 2.06 bits per heavy atom. The molecule has 0 aliphatic carbocycles. The number of hydrogen-bond acceptors (Lipinski definition) is 5. The summed E-state index contributed by atoms with van der Waals surface area (Å²) in [4.78, 5) is 7.05. The monoisotopic (exact) mass is 230 g/mol. The summed E-state index contributed by atoms with van der Waals surface area (Å²) in [6.45, 7) is 2.08. The Hall–Kier alpha value is -1.27. The van der Waals surface area contributed by atoms with Gasteiger partial charge < -0.3 is 14.2 Å². The van der Waals surface area contributed by atoms with E-state index >= 15 is 0 Å². The van der Waals surface area contributed by atoms with Gasteiger partial charge in [-0.2, -0.15) is 4.39 Å². The van der Waals surface area contributed by atoms with Crippen molar-refractivity contribution in [2.45, 2.75) is 6.42 Å². The maximum absolute atomic E-state index is 12.6. The standard InChI is InChI=1S/C10H15FN2O3/c1-14-3-2-4-15-5-6-16-10-7-9(11)12-8-13-10/h7-8H,2-6H2,1H3. The Labute approximate surface area is 93.6 Å². The largest absolute Gasteiger partial charge is 0.475 e. The molecule has 0 bridgehead atoms. The number of rotatable bonds is 8. The van der Waals surface area contributed by atoms with Crippen molar-refractivity contribution in [2.75, 3.05) is 33.5 Å². The summed E-state index contributed by atoms with van der Waals surface area (Å²) in [5.41, 5.74) is 0. The van der Waals surface area contributed by atoms with E-state index in [2.05, 4.69) is 9.97 Å². The average molecular weight is 230 g/mol. The van der Waals surface area contributed by atoms with Gasteiger partial charge in [-0.3, -0.25) is 0 Å². The summed E-state index contributed by atoms with van der Waals surface area (Å²) in [5.74, 6) is -0.390. The van der Waals surface area contributed by atoms with Crippen molar-refractivity contribution in [3.8, 4) is 5.88 Å². The van der Waals surface area contributed by atoms with E-state index in [1.165, 1.54) is 0 Å². The molecule has 0 amide bonds. The SMILES string of the molecule is COCCCOCCOc1cc(F)ncn1. The van der Waals surface area contributed by atoms with E-state index in [4.69, 9.17) is 14.2 Å². The Morgan fingerprint density at radius 3 is 2.81 bits per heavy atom. The van der Waals surface area contributed by atoms with Gasteiger partial charge in [0.2, 0.25) is 11.8 Å². The Bertz CT molecular complexity index is 299. The van der Waals surface area contributed by atoms with Crippen LogP contribution in [-0.2, 0) is 9.47 Å². The van der Waals surface area contributed by atoms with Crippen molar-refractivity contribution in [1.29, 1.82) is 0 Å². The molecule has 0 unspecified atom stereocenters. The van der Waals surface area contributed by atoms with Gasteiger partial charge in [-0.05, 0) is 6.42 Å². The van der Waals surface area contributed by atoms with E-state index in [-0.39, 0.29) is 5.88 Å². The zero-order valence-corrected chi connectivity index (χ0v) is 9.19. The number of halogens is 1. The first-order chi connectivity index (χ1) is 7.83. The van der Waals surface area contributed by atoms with Crippen LogP contribution in [0.25, 0.3) is 0 Å². The highest BCUT2D eigenvalue weighted by molar-refractivity contribution is 5.05. The molecule has 5 nitrogen and oxygen atoms in total. The van der Waals surface area contributed by atoms with E-state index < -0.39 is 5.95 Å². The molecular weight excluding hydrogens is 215 g/mol. The van der Waals surface area contributed by atoms with Crippen LogP contribution >= 0.6 is 0 Å². The fourth-order valence-electron chi connectivity index (χ4n) is 1.01. The van der Waals surface area contributed by atoms with Crippen LogP contribution in [0.3, 0.4) is 0 Å². The molecule has 1 rings (SSSR count). The lowest BCUT2D eigenvalue weighted by atomic mass is 10.5. The average Bonchev–Trinajstić information content (AvgIpc) is 2.28. The van der Waals surface area contributed by atoms with E-state index in [1.54, 1.807) is 7.11 Å². The fourth-order valence-corrected chi connectivity index (χ4v) is 1.01. The van der Waals surface area contributed by atoms with Gasteiger partial charge in [0.1, 0.15) is 12.9 Å². The molecule has 90 valence electrons. The van der Waals surface area contributed by atoms with Gasteiger partial charge in [-0.1, -0.05) is 0 Å². The Balaban J connectivity index is 2.03. The smallest absolute Gasteiger partial charge is 0.219 e. The molecule has 0 aromatic carbocycles. The first kappa shape index (κ1) is 12.8. The second-order valence-electron chi connectivity index (χ2n) is 2.99. The quantitative estimate of drug-likeness (QED) is 0.493. The molecule has 0 saturated heterocycles. The molecule has 6 heteroatoms. The molecule has 0 aliphatic rings. The maximum Gasteiger partial charge on any atom is 0.219 e. The predicted molar refractivity (Wildman–Crippen MR) is 54.8 cm³/mol. The van der Waals surface area contributed by atoms with Crippen LogP contribution in [0.5, 0.6) is 5.88 Å². The number of aromatic nitrogens is 2. The molecule has 0 saturated carbocycles. The fraction of sp³-hybridized carbons (Fsp3) is 0.600. The van der Waals surface area contributed by atoms with Gasteiger partial charge in [-0.25, -0.2) is 9.97 Å². The second-order valence-corrected chi connectivity index (χ2v) is 2.99. The molecular formula is C10H15FN2O3. The van der Waals surface area contributed by atoms with Gasteiger partial charge >= 0.3 is 0 Å². The van der Waals surface area contributed by atoms with Gasteiger partial charge in [0.25, 0.3) is 0 Å². The van der Waals surface area contributed by atoms with E-state index in [0.717, 1.165) is 18.8 Å². The molecule has 0 radical (unpaired) electrons. The summed E-state index contributed by atoms with van der Waals surface area (Å²) in [6, 6.07) is 1.13. The van der Waals surface area contributed by atoms with Crippen molar-refractivity contribution >= 4 is 0 Å². The van der Waals surface area contributed by atoms with E-state index in [0.29, 0.717) is 26.4 Å². The van der Waals surface area contributed by atoms with Crippen LogP contribution in [0.4, 0.5) is 4.39 Å². The number of methoxy groups -OCH3 is 1. The molecule has 16 heavy (non-hydrogen) atoms. The van der Waals surface area contributed by atoms with E-state index in [9.17, 15) is 4.39 Å². The van der Waals surface area contributed by atoms with Crippen molar-refractivity contribution in [3.63, 3.8) is 0 Å². The highest BCUT2D eigenvalue weighted by Crippen LogP contribution is 2.04. The molecule has 0 aliphatic heterocycles. The van der Waals surface area contributed by atoms with Gasteiger partial charge in [-0.15, -0.1) is 0 Å². The molecule has 1 aromatic rings. The minimum Gasteiger partial charge on any atom is -0.475 e. The minimum atomic E-state index is -0.606. The first-order valence-electron chi connectivity index (χ1n) is 5.00. The number of ether oxygens (including phenoxy) is 3. The van der Waals surface area contributed by atoms with Crippen molar-refractivity contribution < 1.29 is 18.6 Å². The third-order valence-corrected chi connectivity index (χ3v) is 1.72. The molecule has 0 atom stereocenters. The molecule has 0 fully saturated rings. The topological polar surface area (TPSA) is 53.5 Å². The summed E-state index contributed by atoms with van der Waals surface area (Å²) in [5, 5.41) is 0. The van der Waals surface area contributed by atoms with Crippen LogP contribution in [0.15, 0.2) is 12.4 Å². The zero-order chi connectivity index (χ0) is 11.6. The molecule has 0 spiro atoms. The summed E-state index contributed by atoms with van der Waals surface area (Å²) in [7, 11) is 1.65. The van der Waals surface area contributed by atoms with Crippen LogP contribution in [0.1, 0.15) is 6.42 Å². The number of nitrogens with zero attached hydrogens (tertiary/aromatic N) is 2. The summed E-state index contributed by atoms with van der Waals surface area (Å²) >= 11 is 0. The van der Waals surface area contributed by atoms with Crippen molar-refractivity contribution in [2.24, 2.45) is 0 Å². The van der Waals surface area contributed by atoms with E-state index in [1.807, 2.05) is 0 Å².